The minimum absolute atomic E-state index is 0.770. The monoisotopic (exact) mass is 312 g/mol. The zero-order chi connectivity index (χ0) is 13.0. The second kappa shape index (κ2) is 6.55. The largest absolute Gasteiger partial charge is 0.492 e. The molecule has 1 aromatic carbocycles. The van der Waals surface area contributed by atoms with Gasteiger partial charge < -0.3 is 9.64 Å². The first-order valence-electron chi connectivity index (χ1n) is 6.45. The lowest BCUT2D eigenvalue weighted by Gasteiger charge is -2.32. The smallest absolute Gasteiger partial charge is 0.122 e. The summed E-state index contributed by atoms with van der Waals surface area (Å²) in [7, 11) is 2.18. The van der Waals surface area contributed by atoms with Gasteiger partial charge in [-0.15, -0.1) is 0 Å². The SMILES string of the molecule is Cc1cc(Br)ccc1OCCN1CCN(C)CC1. The van der Waals surface area contributed by atoms with Gasteiger partial charge in [0, 0.05) is 37.2 Å². The Morgan fingerprint density at radius 1 is 1.22 bits per heavy atom. The molecule has 0 spiro atoms. The predicted octanol–water partition coefficient (Wildman–Crippen LogP) is 2.38. The Bertz CT molecular complexity index is 389. The third-order valence-corrected chi connectivity index (χ3v) is 3.89. The van der Waals surface area contributed by atoms with E-state index in [0.717, 1.165) is 49.6 Å². The Balaban J connectivity index is 1.75. The Kier molecular flexibility index (Phi) is 5.03. The molecule has 1 aliphatic heterocycles. The lowest BCUT2D eigenvalue weighted by Crippen LogP contribution is -2.45. The van der Waals surface area contributed by atoms with Gasteiger partial charge in [-0.2, -0.15) is 0 Å². The third kappa shape index (κ3) is 3.97. The van der Waals surface area contributed by atoms with Gasteiger partial charge in [-0.25, -0.2) is 0 Å². The van der Waals surface area contributed by atoms with E-state index in [4.69, 9.17) is 4.74 Å². The van der Waals surface area contributed by atoms with E-state index in [-0.39, 0.29) is 0 Å². The highest BCUT2D eigenvalue weighted by atomic mass is 79.9. The minimum atomic E-state index is 0.770. The summed E-state index contributed by atoms with van der Waals surface area (Å²) in [5.74, 6) is 0.993. The first-order valence-corrected chi connectivity index (χ1v) is 7.24. The fourth-order valence-corrected chi connectivity index (χ4v) is 2.61. The summed E-state index contributed by atoms with van der Waals surface area (Å²) >= 11 is 3.46. The van der Waals surface area contributed by atoms with Crippen LogP contribution in [0.4, 0.5) is 0 Å². The molecule has 1 aliphatic rings. The first-order chi connectivity index (χ1) is 8.65. The Labute approximate surface area is 118 Å². The molecule has 0 amide bonds. The van der Waals surface area contributed by atoms with Crippen molar-refractivity contribution < 1.29 is 4.74 Å². The molecule has 18 heavy (non-hydrogen) atoms. The van der Waals surface area contributed by atoms with Crippen LogP contribution in [0.25, 0.3) is 0 Å². The topological polar surface area (TPSA) is 15.7 Å². The van der Waals surface area contributed by atoms with Gasteiger partial charge in [0.1, 0.15) is 12.4 Å². The summed E-state index contributed by atoms with van der Waals surface area (Å²) < 4.78 is 6.95. The minimum Gasteiger partial charge on any atom is -0.492 e. The van der Waals surface area contributed by atoms with Crippen LogP contribution in [0.2, 0.25) is 0 Å². The number of piperazine rings is 1. The molecule has 3 nitrogen and oxygen atoms in total. The van der Waals surface area contributed by atoms with Crippen LogP contribution in [0.15, 0.2) is 22.7 Å². The van der Waals surface area contributed by atoms with Crippen molar-refractivity contribution in [3.05, 3.63) is 28.2 Å². The molecular weight excluding hydrogens is 292 g/mol. The number of nitrogens with zero attached hydrogens (tertiary/aromatic N) is 2. The van der Waals surface area contributed by atoms with Crippen molar-refractivity contribution in [2.45, 2.75) is 6.92 Å². The van der Waals surface area contributed by atoms with Crippen molar-refractivity contribution in [1.82, 2.24) is 9.80 Å². The summed E-state index contributed by atoms with van der Waals surface area (Å²) in [4.78, 5) is 4.84. The molecule has 0 N–H and O–H groups in total. The standard InChI is InChI=1S/C14H21BrN2O/c1-12-11-13(15)3-4-14(12)18-10-9-17-7-5-16(2)6-8-17/h3-4,11H,5-10H2,1-2H3. The molecule has 0 atom stereocenters. The van der Waals surface area contributed by atoms with E-state index >= 15 is 0 Å². The van der Waals surface area contributed by atoms with E-state index in [2.05, 4.69) is 45.8 Å². The fourth-order valence-electron chi connectivity index (χ4n) is 2.13. The number of likely N-dealkylation sites (N-methyl/N-ethyl adjacent to an activating group) is 1. The van der Waals surface area contributed by atoms with Crippen LogP contribution >= 0.6 is 15.9 Å². The van der Waals surface area contributed by atoms with Gasteiger partial charge in [-0.05, 0) is 37.7 Å². The van der Waals surface area contributed by atoms with E-state index in [0.29, 0.717) is 0 Å². The second-order valence-corrected chi connectivity index (χ2v) is 5.82. The molecule has 0 bridgehead atoms. The molecular formula is C14H21BrN2O. The van der Waals surface area contributed by atoms with E-state index in [9.17, 15) is 0 Å². The lowest BCUT2D eigenvalue weighted by atomic mass is 10.2. The molecule has 0 radical (unpaired) electrons. The van der Waals surface area contributed by atoms with E-state index in [1.165, 1.54) is 5.56 Å². The molecule has 100 valence electrons. The Morgan fingerprint density at radius 2 is 1.94 bits per heavy atom. The number of halogens is 1. The second-order valence-electron chi connectivity index (χ2n) is 4.90. The summed E-state index contributed by atoms with van der Waals surface area (Å²) in [6.07, 6.45) is 0. The third-order valence-electron chi connectivity index (χ3n) is 3.40. The van der Waals surface area contributed by atoms with E-state index in [1.807, 2.05) is 12.1 Å². The number of rotatable bonds is 4. The van der Waals surface area contributed by atoms with Crippen LogP contribution in [-0.2, 0) is 0 Å². The fraction of sp³-hybridized carbons (Fsp3) is 0.571. The maximum Gasteiger partial charge on any atom is 0.122 e. The van der Waals surface area contributed by atoms with Crippen molar-refractivity contribution >= 4 is 15.9 Å². The van der Waals surface area contributed by atoms with Gasteiger partial charge in [-0.3, -0.25) is 4.90 Å². The van der Waals surface area contributed by atoms with Gasteiger partial charge >= 0.3 is 0 Å². The van der Waals surface area contributed by atoms with Gasteiger partial charge in [0.2, 0.25) is 0 Å². The van der Waals surface area contributed by atoms with Crippen LogP contribution in [0.1, 0.15) is 5.56 Å². The van der Waals surface area contributed by atoms with Crippen LogP contribution in [0.3, 0.4) is 0 Å². The molecule has 1 heterocycles. The van der Waals surface area contributed by atoms with Crippen LogP contribution in [-0.4, -0.2) is 56.2 Å². The zero-order valence-corrected chi connectivity index (χ0v) is 12.7. The molecule has 0 unspecified atom stereocenters. The summed E-state index contributed by atoms with van der Waals surface area (Å²) in [6.45, 7) is 8.50. The quantitative estimate of drug-likeness (QED) is 0.849. The molecule has 0 aliphatic carbocycles. The van der Waals surface area contributed by atoms with Crippen LogP contribution < -0.4 is 4.74 Å². The van der Waals surface area contributed by atoms with E-state index < -0.39 is 0 Å². The maximum atomic E-state index is 5.85. The van der Waals surface area contributed by atoms with Gasteiger partial charge in [0.25, 0.3) is 0 Å². The summed E-state index contributed by atoms with van der Waals surface area (Å²) in [5.41, 5.74) is 1.18. The molecule has 1 aromatic rings. The van der Waals surface area contributed by atoms with Crippen LogP contribution in [0.5, 0.6) is 5.75 Å². The number of ether oxygens (including phenoxy) is 1. The Morgan fingerprint density at radius 3 is 2.61 bits per heavy atom. The van der Waals surface area contributed by atoms with Crippen molar-refractivity contribution in [1.29, 1.82) is 0 Å². The Hall–Kier alpha value is -0.580. The molecule has 0 saturated carbocycles. The molecule has 1 saturated heterocycles. The summed E-state index contributed by atoms with van der Waals surface area (Å²) in [5, 5.41) is 0. The van der Waals surface area contributed by atoms with Crippen molar-refractivity contribution in [2.75, 3.05) is 46.4 Å². The van der Waals surface area contributed by atoms with Gasteiger partial charge in [0.15, 0.2) is 0 Å². The molecule has 2 rings (SSSR count). The number of hydrogen-bond acceptors (Lipinski definition) is 3. The van der Waals surface area contributed by atoms with Crippen molar-refractivity contribution in [3.8, 4) is 5.75 Å². The average molecular weight is 313 g/mol. The lowest BCUT2D eigenvalue weighted by molar-refractivity contribution is 0.133. The zero-order valence-electron chi connectivity index (χ0n) is 11.2. The molecule has 4 heteroatoms. The molecule has 1 fully saturated rings. The number of hydrogen-bond donors (Lipinski definition) is 0. The average Bonchev–Trinajstić information content (AvgIpc) is 2.34. The predicted molar refractivity (Wildman–Crippen MR) is 78.3 cm³/mol. The normalized spacial score (nSPS) is 17.9. The highest BCUT2D eigenvalue weighted by molar-refractivity contribution is 9.10. The van der Waals surface area contributed by atoms with Crippen LogP contribution in [0, 0.1) is 6.92 Å². The van der Waals surface area contributed by atoms with Crippen molar-refractivity contribution in [3.63, 3.8) is 0 Å². The van der Waals surface area contributed by atoms with Gasteiger partial charge in [0.05, 0.1) is 0 Å². The number of benzene rings is 1. The highest BCUT2D eigenvalue weighted by Gasteiger charge is 2.13. The maximum absolute atomic E-state index is 5.85. The van der Waals surface area contributed by atoms with Crippen molar-refractivity contribution in [2.24, 2.45) is 0 Å². The summed E-state index contributed by atoms with van der Waals surface area (Å²) in [6, 6.07) is 6.15. The van der Waals surface area contributed by atoms with E-state index in [1.54, 1.807) is 0 Å². The number of aryl methyl sites for hydroxylation is 1. The van der Waals surface area contributed by atoms with Gasteiger partial charge in [-0.1, -0.05) is 15.9 Å². The first kappa shape index (κ1) is 13.8. The molecule has 0 aromatic heterocycles. The highest BCUT2D eigenvalue weighted by Crippen LogP contribution is 2.22.